The Labute approximate surface area is 117 Å². The minimum Gasteiger partial charge on any atom is -0.396 e. The first kappa shape index (κ1) is 13.8. The highest BCUT2D eigenvalue weighted by Crippen LogP contribution is 2.32. The number of rotatable bonds is 3. The highest BCUT2D eigenvalue weighted by atomic mass is 79.9. The van der Waals surface area contributed by atoms with Crippen molar-refractivity contribution < 1.29 is 10.2 Å². The van der Waals surface area contributed by atoms with Crippen molar-refractivity contribution in [3.8, 4) is 0 Å². The molecule has 4 heteroatoms. The molecule has 0 aliphatic carbocycles. The molecule has 2 atom stereocenters. The van der Waals surface area contributed by atoms with E-state index in [1.165, 1.54) is 0 Å². The Morgan fingerprint density at radius 2 is 2.28 bits per heavy atom. The first-order chi connectivity index (χ1) is 8.61. The molecule has 1 fully saturated rings. The normalized spacial score (nSPS) is 22.0. The molecule has 1 aromatic rings. The van der Waals surface area contributed by atoms with Crippen LogP contribution >= 0.6 is 15.9 Å². The summed E-state index contributed by atoms with van der Waals surface area (Å²) >= 11 is 3.58. The lowest BCUT2D eigenvalue weighted by molar-refractivity contribution is 0.199. The maximum Gasteiger partial charge on any atom is 0.0762 e. The molecule has 0 aromatic heterocycles. The van der Waals surface area contributed by atoms with Crippen LogP contribution in [-0.2, 0) is 0 Å². The molecule has 1 saturated heterocycles. The summed E-state index contributed by atoms with van der Waals surface area (Å²) in [5, 5.41) is 18.8. The average molecular weight is 314 g/mol. The summed E-state index contributed by atoms with van der Waals surface area (Å²) in [7, 11) is 0. The lowest BCUT2D eigenvalue weighted by atomic mass is 9.98. The number of nitrogens with zero attached hydrogens (tertiary/aromatic N) is 1. The Balaban J connectivity index is 2.17. The van der Waals surface area contributed by atoms with Crippen LogP contribution < -0.4 is 4.90 Å². The van der Waals surface area contributed by atoms with E-state index in [0.29, 0.717) is 5.92 Å². The molecule has 0 saturated carbocycles. The van der Waals surface area contributed by atoms with Gasteiger partial charge in [-0.25, -0.2) is 0 Å². The van der Waals surface area contributed by atoms with Gasteiger partial charge in [0.25, 0.3) is 0 Å². The lowest BCUT2D eigenvalue weighted by Crippen LogP contribution is -2.37. The molecule has 1 aliphatic heterocycles. The first-order valence-electron chi connectivity index (χ1n) is 6.45. The second-order valence-electron chi connectivity index (χ2n) is 5.02. The molecule has 0 amide bonds. The molecule has 2 unspecified atom stereocenters. The van der Waals surface area contributed by atoms with Gasteiger partial charge in [0.1, 0.15) is 0 Å². The predicted octanol–water partition coefficient (Wildman–Crippen LogP) is 2.71. The Morgan fingerprint density at radius 3 is 2.89 bits per heavy atom. The Morgan fingerprint density at radius 1 is 1.50 bits per heavy atom. The Bertz CT molecular complexity index is 409. The van der Waals surface area contributed by atoms with Crippen molar-refractivity contribution in [1.29, 1.82) is 0 Å². The molecule has 1 aromatic carbocycles. The number of piperidine rings is 1. The number of hydrogen-bond acceptors (Lipinski definition) is 3. The quantitative estimate of drug-likeness (QED) is 0.901. The minimum absolute atomic E-state index is 0.264. The second-order valence-corrected chi connectivity index (χ2v) is 5.88. The van der Waals surface area contributed by atoms with Gasteiger partial charge in [-0.1, -0.05) is 6.07 Å². The van der Waals surface area contributed by atoms with E-state index in [1.807, 2.05) is 18.2 Å². The molecular formula is C14H20BrNO2. The summed E-state index contributed by atoms with van der Waals surface area (Å²) in [6, 6.07) is 5.99. The molecule has 0 spiro atoms. The van der Waals surface area contributed by atoms with Gasteiger partial charge in [-0.05, 0) is 59.3 Å². The minimum atomic E-state index is -0.443. The summed E-state index contributed by atoms with van der Waals surface area (Å²) in [5.74, 6) is 0.377. The number of anilines is 1. The van der Waals surface area contributed by atoms with E-state index in [4.69, 9.17) is 0 Å². The third-order valence-electron chi connectivity index (χ3n) is 3.57. The van der Waals surface area contributed by atoms with Crippen molar-refractivity contribution in [3.05, 3.63) is 28.2 Å². The molecular weight excluding hydrogens is 294 g/mol. The second kappa shape index (κ2) is 6.04. The van der Waals surface area contributed by atoms with Crippen LogP contribution in [0.15, 0.2) is 22.7 Å². The molecule has 0 bridgehead atoms. The van der Waals surface area contributed by atoms with Crippen molar-refractivity contribution in [3.63, 3.8) is 0 Å². The van der Waals surface area contributed by atoms with Gasteiger partial charge in [-0.15, -0.1) is 0 Å². The summed E-state index contributed by atoms with van der Waals surface area (Å²) in [6.45, 7) is 3.97. The van der Waals surface area contributed by atoms with Crippen molar-refractivity contribution in [2.75, 3.05) is 24.6 Å². The lowest BCUT2D eigenvalue weighted by Gasteiger charge is -2.34. The van der Waals surface area contributed by atoms with Crippen LogP contribution in [0.5, 0.6) is 0 Å². The van der Waals surface area contributed by atoms with Gasteiger partial charge in [-0.3, -0.25) is 0 Å². The number of hydrogen-bond donors (Lipinski definition) is 2. The van der Waals surface area contributed by atoms with Crippen LogP contribution in [0.3, 0.4) is 0 Å². The summed E-state index contributed by atoms with van der Waals surface area (Å²) in [4.78, 5) is 2.31. The van der Waals surface area contributed by atoms with E-state index in [-0.39, 0.29) is 6.61 Å². The molecule has 1 aliphatic rings. The Hall–Kier alpha value is -0.580. The Kier molecular flexibility index (Phi) is 4.65. The van der Waals surface area contributed by atoms with Gasteiger partial charge >= 0.3 is 0 Å². The SMILES string of the molecule is CC(O)c1ccc(N2CCCC(CO)C2)c(Br)c1. The molecule has 2 rings (SSSR count). The number of benzene rings is 1. The smallest absolute Gasteiger partial charge is 0.0762 e. The van der Waals surface area contributed by atoms with E-state index < -0.39 is 6.10 Å². The zero-order valence-corrected chi connectivity index (χ0v) is 12.2. The zero-order chi connectivity index (χ0) is 13.1. The number of halogens is 1. The molecule has 0 radical (unpaired) electrons. The fourth-order valence-corrected chi connectivity index (χ4v) is 3.12. The molecule has 100 valence electrons. The van der Waals surface area contributed by atoms with Crippen LogP contribution in [0, 0.1) is 5.92 Å². The van der Waals surface area contributed by atoms with Gasteiger partial charge in [-0.2, -0.15) is 0 Å². The van der Waals surface area contributed by atoms with Crippen molar-refractivity contribution in [1.82, 2.24) is 0 Å². The summed E-state index contributed by atoms with van der Waals surface area (Å²) in [6.07, 6.45) is 1.79. The van der Waals surface area contributed by atoms with Gasteiger partial charge < -0.3 is 15.1 Å². The molecule has 2 N–H and O–H groups in total. The molecule has 1 heterocycles. The topological polar surface area (TPSA) is 43.7 Å². The molecule has 18 heavy (non-hydrogen) atoms. The fraction of sp³-hybridized carbons (Fsp3) is 0.571. The highest BCUT2D eigenvalue weighted by molar-refractivity contribution is 9.10. The van der Waals surface area contributed by atoms with E-state index in [2.05, 4.69) is 20.8 Å². The van der Waals surface area contributed by atoms with Crippen molar-refractivity contribution in [2.24, 2.45) is 5.92 Å². The zero-order valence-electron chi connectivity index (χ0n) is 10.6. The van der Waals surface area contributed by atoms with Gasteiger partial charge in [0.05, 0.1) is 11.8 Å². The van der Waals surface area contributed by atoms with Crippen molar-refractivity contribution >= 4 is 21.6 Å². The third kappa shape index (κ3) is 3.05. The summed E-state index contributed by atoms with van der Waals surface area (Å²) in [5.41, 5.74) is 2.07. The fourth-order valence-electron chi connectivity index (χ4n) is 2.47. The van der Waals surface area contributed by atoms with E-state index >= 15 is 0 Å². The highest BCUT2D eigenvalue weighted by Gasteiger charge is 2.21. The summed E-state index contributed by atoms with van der Waals surface area (Å²) < 4.78 is 1.01. The number of aliphatic hydroxyl groups excluding tert-OH is 2. The van der Waals surface area contributed by atoms with Crippen LogP contribution in [-0.4, -0.2) is 29.9 Å². The maximum absolute atomic E-state index is 9.56. The first-order valence-corrected chi connectivity index (χ1v) is 7.24. The van der Waals surface area contributed by atoms with Gasteiger partial charge in [0.15, 0.2) is 0 Å². The van der Waals surface area contributed by atoms with Crippen LogP contribution in [0.2, 0.25) is 0 Å². The van der Waals surface area contributed by atoms with E-state index in [0.717, 1.165) is 41.7 Å². The van der Waals surface area contributed by atoms with Crippen LogP contribution in [0.1, 0.15) is 31.4 Å². The van der Waals surface area contributed by atoms with E-state index in [1.54, 1.807) is 6.92 Å². The third-order valence-corrected chi connectivity index (χ3v) is 4.21. The average Bonchev–Trinajstić information content (AvgIpc) is 2.38. The standard InChI is InChI=1S/C14H20BrNO2/c1-10(18)12-4-5-14(13(15)7-12)16-6-2-3-11(8-16)9-17/h4-5,7,10-11,17-18H,2-3,6,8-9H2,1H3. The van der Waals surface area contributed by atoms with Crippen molar-refractivity contribution in [2.45, 2.75) is 25.9 Å². The molecule has 3 nitrogen and oxygen atoms in total. The number of aliphatic hydroxyl groups is 2. The maximum atomic E-state index is 9.56. The monoisotopic (exact) mass is 313 g/mol. The van der Waals surface area contributed by atoms with Crippen LogP contribution in [0.4, 0.5) is 5.69 Å². The predicted molar refractivity (Wildman–Crippen MR) is 76.8 cm³/mol. The van der Waals surface area contributed by atoms with Crippen LogP contribution in [0.25, 0.3) is 0 Å². The largest absolute Gasteiger partial charge is 0.396 e. The van der Waals surface area contributed by atoms with Gasteiger partial charge in [0, 0.05) is 24.2 Å². The van der Waals surface area contributed by atoms with E-state index in [9.17, 15) is 10.2 Å². The van der Waals surface area contributed by atoms with Gasteiger partial charge in [0.2, 0.25) is 0 Å².